The number of benzene rings is 1. The van der Waals surface area contributed by atoms with Gasteiger partial charge in [-0.3, -0.25) is 4.79 Å². The molecule has 2 rings (SSSR count). The maximum atomic E-state index is 13.7. The summed E-state index contributed by atoms with van der Waals surface area (Å²) in [5.41, 5.74) is 1.15. The summed E-state index contributed by atoms with van der Waals surface area (Å²) < 4.78 is 25.0. The van der Waals surface area contributed by atoms with Crippen molar-refractivity contribution in [3.8, 4) is 5.75 Å². The van der Waals surface area contributed by atoms with Gasteiger partial charge in [-0.2, -0.15) is 0 Å². The van der Waals surface area contributed by atoms with Gasteiger partial charge in [0.05, 0.1) is 37.6 Å². The molecule has 1 heterocycles. The average molecular weight is 301 g/mol. The predicted octanol–water partition coefficient (Wildman–Crippen LogP) is 2.49. The van der Waals surface area contributed by atoms with E-state index < -0.39 is 5.82 Å². The van der Waals surface area contributed by atoms with Gasteiger partial charge in [-0.15, -0.1) is 11.6 Å². The Morgan fingerprint density at radius 2 is 2.20 bits per heavy atom. The summed E-state index contributed by atoms with van der Waals surface area (Å²) in [6.45, 7) is 0.361. The smallest absolute Gasteiger partial charge is 0.307 e. The van der Waals surface area contributed by atoms with Gasteiger partial charge in [0, 0.05) is 18.7 Å². The first kappa shape index (κ1) is 14.6. The van der Waals surface area contributed by atoms with Gasteiger partial charge in [-0.25, -0.2) is 9.37 Å². The van der Waals surface area contributed by atoms with Crippen LogP contribution in [0.1, 0.15) is 12.2 Å². The number of aromatic nitrogens is 2. The van der Waals surface area contributed by atoms with Crippen LogP contribution in [0, 0.1) is 5.82 Å². The van der Waals surface area contributed by atoms with Gasteiger partial charge in [0.15, 0.2) is 11.6 Å². The molecule has 0 aliphatic carbocycles. The largest absolute Gasteiger partial charge is 0.494 e. The van der Waals surface area contributed by atoms with Crippen LogP contribution in [0.2, 0.25) is 0 Å². The van der Waals surface area contributed by atoms with E-state index in [4.69, 9.17) is 16.3 Å². The number of methoxy groups -OCH3 is 2. The number of fused-ring (bicyclic) bond motifs is 1. The Bertz CT molecular complexity index is 642. The Morgan fingerprint density at radius 1 is 1.45 bits per heavy atom. The first-order chi connectivity index (χ1) is 9.60. The number of imidazole rings is 1. The van der Waals surface area contributed by atoms with Crippen molar-refractivity contribution in [1.29, 1.82) is 0 Å². The molecule has 0 saturated carbocycles. The van der Waals surface area contributed by atoms with Crippen molar-refractivity contribution in [3.05, 3.63) is 23.8 Å². The number of carbonyl (C=O) groups excluding carboxylic acids is 1. The molecule has 108 valence electrons. The van der Waals surface area contributed by atoms with Crippen molar-refractivity contribution >= 4 is 28.6 Å². The molecule has 1 aromatic carbocycles. The minimum absolute atomic E-state index is 0.123. The number of rotatable bonds is 5. The van der Waals surface area contributed by atoms with Crippen LogP contribution in [0.5, 0.6) is 5.75 Å². The number of hydrogen-bond acceptors (Lipinski definition) is 4. The van der Waals surface area contributed by atoms with Crippen molar-refractivity contribution in [2.24, 2.45) is 0 Å². The number of nitrogens with zero attached hydrogens (tertiary/aromatic N) is 2. The summed E-state index contributed by atoms with van der Waals surface area (Å²) >= 11 is 5.84. The Balaban J connectivity index is 2.46. The van der Waals surface area contributed by atoms with Crippen LogP contribution in [0.25, 0.3) is 11.0 Å². The van der Waals surface area contributed by atoms with Crippen LogP contribution < -0.4 is 4.74 Å². The lowest BCUT2D eigenvalue weighted by molar-refractivity contribution is -0.140. The number of hydrogen-bond donors (Lipinski definition) is 0. The molecule has 0 saturated heterocycles. The number of ether oxygens (including phenoxy) is 2. The minimum Gasteiger partial charge on any atom is -0.494 e. The second kappa shape index (κ2) is 6.09. The van der Waals surface area contributed by atoms with Crippen LogP contribution >= 0.6 is 11.6 Å². The van der Waals surface area contributed by atoms with E-state index in [9.17, 15) is 9.18 Å². The van der Waals surface area contributed by atoms with Crippen molar-refractivity contribution in [3.63, 3.8) is 0 Å². The number of carbonyl (C=O) groups is 1. The molecule has 0 N–H and O–H groups in total. The molecular formula is C13H14ClFN2O3. The molecule has 0 unspecified atom stereocenters. The number of aryl methyl sites for hydroxylation is 1. The van der Waals surface area contributed by atoms with Crippen molar-refractivity contribution in [1.82, 2.24) is 9.55 Å². The summed E-state index contributed by atoms with van der Waals surface area (Å²) in [5, 5.41) is 0. The third-order valence-corrected chi connectivity index (χ3v) is 3.23. The van der Waals surface area contributed by atoms with Crippen molar-refractivity contribution in [2.45, 2.75) is 18.8 Å². The zero-order valence-corrected chi connectivity index (χ0v) is 11.9. The second-order valence-electron chi connectivity index (χ2n) is 4.11. The molecule has 20 heavy (non-hydrogen) atoms. The maximum absolute atomic E-state index is 13.7. The molecule has 0 aliphatic rings. The van der Waals surface area contributed by atoms with E-state index in [1.54, 1.807) is 10.6 Å². The Morgan fingerprint density at radius 3 is 2.80 bits per heavy atom. The average Bonchev–Trinajstić information content (AvgIpc) is 2.80. The van der Waals surface area contributed by atoms with Crippen molar-refractivity contribution in [2.75, 3.05) is 14.2 Å². The molecule has 0 bridgehead atoms. The van der Waals surface area contributed by atoms with E-state index in [2.05, 4.69) is 9.72 Å². The van der Waals surface area contributed by atoms with Gasteiger partial charge < -0.3 is 14.0 Å². The van der Waals surface area contributed by atoms with Crippen LogP contribution in [-0.2, 0) is 22.0 Å². The monoisotopic (exact) mass is 300 g/mol. The standard InChI is InChI=1S/C13H14ClFN2O3/c1-19-11-6-10-9(5-8(11)15)16-12(7-14)17(10)4-3-13(18)20-2/h5-6H,3-4,7H2,1-2H3. The van der Waals surface area contributed by atoms with Crippen LogP contribution in [-0.4, -0.2) is 29.7 Å². The third kappa shape index (κ3) is 2.70. The Kier molecular flexibility index (Phi) is 4.44. The van der Waals surface area contributed by atoms with Crippen molar-refractivity contribution < 1.29 is 18.7 Å². The van der Waals surface area contributed by atoms with E-state index in [1.807, 2.05) is 0 Å². The lowest BCUT2D eigenvalue weighted by Gasteiger charge is -2.08. The molecule has 0 radical (unpaired) electrons. The van der Waals surface area contributed by atoms with E-state index >= 15 is 0 Å². The molecule has 2 aromatic rings. The third-order valence-electron chi connectivity index (χ3n) is 2.99. The first-order valence-electron chi connectivity index (χ1n) is 5.96. The van der Waals surface area contributed by atoms with Gasteiger partial charge in [-0.05, 0) is 0 Å². The molecule has 0 spiro atoms. The fourth-order valence-corrected chi connectivity index (χ4v) is 2.19. The highest BCUT2D eigenvalue weighted by atomic mass is 35.5. The highest BCUT2D eigenvalue weighted by Gasteiger charge is 2.15. The van der Waals surface area contributed by atoms with Gasteiger partial charge in [0.25, 0.3) is 0 Å². The SMILES string of the molecule is COC(=O)CCn1c(CCl)nc2cc(F)c(OC)cc21. The highest BCUT2D eigenvalue weighted by molar-refractivity contribution is 6.16. The lowest BCUT2D eigenvalue weighted by Crippen LogP contribution is -2.09. The topological polar surface area (TPSA) is 53.4 Å². The molecule has 0 fully saturated rings. The second-order valence-corrected chi connectivity index (χ2v) is 4.38. The maximum Gasteiger partial charge on any atom is 0.307 e. The summed E-state index contributed by atoms with van der Waals surface area (Å²) in [4.78, 5) is 15.5. The van der Waals surface area contributed by atoms with Gasteiger partial charge in [0.1, 0.15) is 5.82 Å². The molecule has 7 heteroatoms. The zero-order chi connectivity index (χ0) is 14.7. The number of halogens is 2. The normalized spacial score (nSPS) is 10.8. The zero-order valence-electron chi connectivity index (χ0n) is 11.2. The van der Waals surface area contributed by atoms with Crippen LogP contribution in [0.3, 0.4) is 0 Å². The Labute approximate surface area is 120 Å². The summed E-state index contributed by atoms with van der Waals surface area (Å²) in [6.07, 6.45) is 0.186. The summed E-state index contributed by atoms with van der Waals surface area (Å²) in [7, 11) is 2.72. The van der Waals surface area contributed by atoms with Gasteiger partial charge in [0.2, 0.25) is 0 Å². The first-order valence-corrected chi connectivity index (χ1v) is 6.49. The number of alkyl halides is 1. The van der Waals surface area contributed by atoms with Crippen LogP contribution in [0.4, 0.5) is 4.39 Å². The van der Waals surface area contributed by atoms with E-state index in [-0.39, 0.29) is 24.0 Å². The molecule has 5 nitrogen and oxygen atoms in total. The fraction of sp³-hybridized carbons (Fsp3) is 0.385. The Hall–Kier alpha value is -1.82. The summed E-state index contributed by atoms with van der Waals surface area (Å²) in [6, 6.07) is 2.84. The molecule has 0 aliphatic heterocycles. The van der Waals surface area contributed by atoms with Gasteiger partial charge in [-0.1, -0.05) is 0 Å². The fourth-order valence-electron chi connectivity index (χ4n) is 1.99. The lowest BCUT2D eigenvalue weighted by atomic mass is 10.2. The van der Waals surface area contributed by atoms with E-state index in [1.165, 1.54) is 20.3 Å². The van der Waals surface area contributed by atoms with E-state index in [0.717, 1.165) is 0 Å². The molecular weight excluding hydrogens is 287 g/mol. The van der Waals surface area contributed by atoms with E-state index in [0.29, 0.717) is 23.4 Å². The van der Waals surface area contributed by atoms with Gasteiger partial charge >= 0.3 is 5.97 Å². The number of esters is 1. The molecule has 0 amide bonds. The molecule has 1 aromatic heterocycles. The van der Waals surface area contributed by atoms with Crippen LogP contribution in [0.15, 0.2) is 12.1 Å². The highest BCUT2D eigenvalue weighted by Crippen LogP contribution is 2.26. The molecule has 0 atom stereocenters. The quantitative estimate of drug-likeness (QED) is 0.629. The minimum atomic E-state index is -0.487. The summed E-state index contributed by atoms with van der Waals surface area (Å²) in [5.74, 6) is 0.0380. The predicted molar refractivity (Wildman–Crippen MR) is 72.4 cm³/mol.